The van der Waals surface area contributed by atoms with E-state index in [4.69, 9.17) is 0 Å². The lowest BCUT2D eigenvalue weighted by Crippen LogP contribution is -2.26. The average molecular weight is 299 g/mol. The third kappa shape index (κ3) is 2.85. The SMILES string of the molecule is O=C(NCCc1nccs1)c1c[nH]c(=O)c2ccccc12. The first-order valence-electron chi connectivity index (χ1n) is 6.53. The second-order valence-electron chi connectivity index (χ2n) is 4.51. The smallest absolute Gasteiger partial charge is 0.255 e. The van der Waals surface area contributed by atoms with Gasteiger partial charge in [0.15, 0.2) is 0 Å². The Kier molecular flexibility index (Phi) is 3.79. The minimum atomic E-state index is -0.195. The largest absolute Gasteiger partial charge is 0.352 e. The van der Waals surface area contributed by atoms with Crippen LogP contribution in [0.1, 0.15) is 15.4 Å². The number of fused-ring (bicyclic) bond motifs is 1. The molecular formula is C15H13N3O2S. The summed E-state index contributed by atoms with van der Waals surface area (Å²) in [5, 5.41) is 6.93. The fourth-order valence-electron chi connectivity index (χ4n) is 2.15. The Morgan fingerprint density at radius 3 is 2.86 bits per heavy atom. The van der Waals surface area contributed by atoms with Crippen LogP contribution in [0.15, 0.2) is 46.8 Å². The fourth-order valence-corrected chi connectivity index (χ4v) is 2.77. The van der Waals surface area contributed by atoms with E-state index in [9.17, 15) is 9.59 Å². The molecule has 2 heterocycles. The lowest BCUT2D eigenvalue weighted by molar-refractivity contribution is 0.0955. The number of amides is 1. The zero-order valence-electron chi connectivity index (χ0n) is 11.1. The van der Waals surface area contributed by atoms with E-state index in [1.165, 1.54) is 6.20 Å². The van der Waals surface area contributed by atoms with E-state index >= 15 is 0 Å². The molecule has 0 spiro atoms. The molecule has 2 N–H and O–H groups in total. The maximum Gasteiger partial charge on any atom is 0.255 e. The molecular weight excluding hydrogens is 286 g/mol. The maximum atomic E-state index is 12.2. The third-order valence-corrected chi connectivity index (χ3v) is 4.00. The van der Waals surface area contributed by atoms with Gasteiger partial charge in [0.25, 0.3) is 11.5 Å². The van der Waals surface area contributed by atoms with Crippen molar-refractivity contribution in [2.24, 2.45) is 0 Å². The molecule has 3 aromatic rings. The molecule has 1 aromatic carbocycles. The number of thiazole rings is 1. The van der Waals surface area contributed by atoms with Crippen molar-refractivity contribution in [3.63, 3.8) is 0 Å². The number of carbonyl (C=O) groups excluding carboxylic acids is 1. The van der Waals surface area contributed by atoms with Crippen molar-refractivity contribution in [2.45, 2.75) is 6.42 Å². The van der Waals surface area contributed by atoms with E-state index in [1.54, 1.807) is 35.7 Å². The highest BCUT2D eigenvalue weighted by Gasteiger charge is 2.11. The monoisotopic (exact) mass is 299 g/mol. The fraction of sp³-hybridized carbons (Fsp3) is 0.133. The van der Waals surface area contributed by atoms with Crippen LogP contribution in [0.2, 0.25) is 0 Å². The molecule has 0 unspecified atom stereocenters. The number of nitrogens with zero attached hydrogens (tertiary/aromatic N) is 1. The highest BCUT2D eigenvalue weighted by atomic mass is 32.1. The number of rotatable bonds is 4. The first-order valence-corrected chi connectivity index (χ1v) is 7.40. The number of pyridine rings is 1. The van der Waals surface area contributed by atoms with Crippen LogP contribution in [0.5, 0.6) is 0 Å². The van der Waals surface area contributed by atoms with Gasteiger partial charge in [0, 0.05) is 41.5 Å². The first kappa shape index (κ1) is 13.5. The third-order valence-electron chi connectivity index (χ3n) is 3.16. The van der Waals surface area contributed by atoms with Crippen molar-refractivity contribution in [2.75, 3.05) is 6.54 Å². The van der Waals surface area contributed by atoms with Crippen LogP contribution in [0, 0.1) is 0 Å². The van der Waals surface area contributed by atoms with Gasteiger partial charge in [-0.25, -0.2) is 4.98 Å². The quantitative estimate of drug-likeness (QED) is 0.773. The lowest BCUT2D eigenvalue weighted by Gasteiger charge is -2.07. The molecule has 0 aliphatic heterocycles. The summed E-state index contributed by atoms with van der Waals surface area (Å²) >= 11 is 1.57. The summed E-state index contributed by atoms with van der Waals surface area (Å²) in [5.74, 6) is -0.195. The Bertz CT molecular complexity index is 824. The topological polar surface area (TPSA) is 74.8 Å². The van der Waals surface area contributed by atoms with Gasteiger partial charge in [-0.2, -0.15) is 0 Å². The van der Waals surface area contributed by atoms with Crippen LogP contribution in [-0.2, 0) is 6.42 Å². The summed E-state index contributed by atoms with van der Waals surface area (Å²) in [6.45, 7) is 0.514. The lowest BCUT2D eigenvalue weighted by atomic mass is 10.1. The summed E-state index contributed by atoms with van der Waals surface area (Å²) in [5.41, 5.74) is 0.286. The Hall–Kier alpha value is -2.47. The van der Waals surface area contributed by atoms with E-state index in [-0.39, 0.29) is 11.5 Å². The standard InChI is InChI=1S/C15H13N3O2S/c19-14-11-4-2-1-3-10(11)12(9-18-14)15(20)17-6-5-13-16-7-8-21-13/h1-4,7-9H,5-6H2,(H,17,20)(H,18,19). The molecule has 21 heavy (non-hydrogen) atoms. The molecule has 6 heteroatoms. The molecule has 5 nitrogen and oxygen atoms in total. The van der Waals surface area contributed by atoms with Crippen molar-refractivity contribution in [1.82, 2.24) is 15.3 Å². The number of aromatic nitrogens is 2. The Balaban J connectivity index is 1.78. The highest BCUT2D eigenvalue weighted by molar-refractivity contribution is 7.09. The average Bonchev–Trinajstić information content (AvgIpc) is 3.01. The summed E-state index contributed by atoms with van der Waals surface area (Å²) in [7, 11) is 0. The van der Waals surface area contributed by atoms with Gasteiger partial charge < -0.3 is 10.3 Å². The minimum Gasteiger partial charge on any atom is -0.352 e. The van der Waals surface area contributed by atoms with Crippen LogP contribution in [-0.4, -0.2) is 22.4 Å². The summed E-state index contributed by atoms with van der Waals surface area (Å²) < 4.78 is 0. The Morgan fingerprint density at radius 1 is 1.29 bits per heavy atom. The molecule has 1 amide bonds. The van der Waals surface area contributed by atoms with Crippen molar-refractivity contribution in [1.29, 1.82) is 0 Å². The molecule has 0 fully saturated rings. The first-order chi connectivity index (χ1) is 10.3. The molecule has 2 aromatic heterocycles. The van der Waals surface area contributed by atoms with Crippen LogP contribution in [0.4, 0.5) is 0 Å². The number of hydrogen-bond donors (Lipinski definition) is 2. The molecule has 0 aliphatic rings. The predicted octanol–water partition coefficient (Wildman–Crippen LogP) is 1.96. The van der Waals surface area contributed by atoms with Crippen LogP contribution in [0.3, 0.4) is 0 Å². The molecule has 3 rings (SSSR count). The van der Waals surface area contributed by atoms with E-state index in [0.29, 0.717) is 29.3 Å². The second-order valence-corrected chi connectivity index (χ2v) is 5.49. The molecule has 0 saturated heterocycles. The number of aromatic amines is 1. The number of hydrogen-bond acceptors (Lipinski definition) is 4. The Morgan fingerprint density at radius 2 is 2.10 bits per heavy atom. The number of nitrogens with one attached hydrogen (secondary N) is 2. The van der Waals surface area contributed by atoms with Crippen molar-refractivity contribution in [3.05, 3.63) is 63.0 Å². The van der Waals surface area contributed by atoms with E-state index in [2.05, 4.69) is 15.3 Å². The van der Waals surface area contributed by atoms with Crippen LogP contribution < -0.4 is 10.9 Å². The van der Waals surface area contributed by atoms with Gasteiger partial charge in [-0.3, -0.25) is 9.59 Å². The molecule has 0 atom stereocenters. The number of H-pyrrole nitrogens is 1. The van der Waals surface area contributed by atoms with Crippen LogP contribution in [0.25, 0.3) is 10.8 Å². The summed E-state index contributed by atoms with van der Waals surface area (Å²) in [6, 6.07) is 7.08. The Labute approximate surface area is 124 Å². The molecule has 0 aliphatic carbocycles. The van der Waals surface area contributed by atoms with Gasteiger partial charge in [-0.1, -0.05) is 18.2 Å². The zero-order valence-corrected chi connectivity index (χ0v) is 11.9. The minimum absolute atomic E-state index is 0.190. The highest BCUT2D eigenvalue weighted by Crippen LogP contribution is 2.14. The van der Waals surface area contributed by atoms with Gasteiger partial charge >= 0.3 is 0 Å². The van der Waals surface area contributed by atoms with Gasteiger partial charge in [0.2, 0.25) is 0 Å². The molecule has 0 saturated carbocycles. The van der Waals surface area contributed by atoms with E-state index in [0.717, 1.165) is 5.01 Å². The molecule has 0 radical (unpaired) electrons. The molecule has 106 valence electrons. The van der Waals surface area contributed by atoms with Gasteiger partial charge in [0.1, 0.15) is 0 Å². The van der Waals surface area contributed by atoms with Gasteiger partial charge in [-0.15, -0.1) is 11.3 Å². The summed E-state index contributed by atoms with van der Waals surface area (Å²) in [4.78, 5) is 30.7. The maximum absolute atomic E-state index is 12.2. The molecule has 0 bridgehead atoms. The van der Waals surface area contributed by atoms with Gasteiger partial charge in [0.05, 0.1) is 10.6 Å². The normalized spacial score (nSPS) is 10.7. The van der Waals surface area contributed by atoms with E-state index < -0.39 is 0 Å². The number of benzene rings is 1. The van der Waals surface area contributed by atoms with Crippen molar-refractivity contribution in [3.8, 4) is 0 Å². The van der Waals surface area contributed by atoms with E-state index in [1.807, 2.05) is 11.4 Å². The number of carbonyl (C=O) groups is 1. The second kappa shape index (κ2) is 5.88. The summed E-state index contributed by atoms with van der Waals surface area (Å²) in [6.07, 6.45) is 3.91. The predicted molar refractivity (Wildman–Crippen MR) is 82.7 cm³/mol. The van der Waals surface area contributed by atoms with Crippen molar-refractivity contribution >= 4 is 28.0 Å². The van der Waals surface area contributed by atoms with Gasteiger partial charge in [-0.05, 0) is 6.07 Å². The van der Waals surface area contributed by atoms with Crippen LogP contribution >= 0.6 is 11.3 Å². The zero-order chi connectivity index (χ0) is 14.7. The van der Waals surface area contributed by atoms with Crippen molar-refractivity contribution < 1.29 is 4.79 Å².